The molecule has 1 saturated carbocycles. The number of carbonyl (C=O) groups is 1. The standard InChI is InChI=1S/C14H22N2O2/c1-13(2)9-10(4-7-18-13)16-12(17)8-11(15-16)14(3)5-6-14/h10H,4-9H2,1-3H3/t10-/m0/s1. The Morgan fingerprint density at radius 1 is 1.33 bits per heavy atom. The molecule has 0 aromatic carbocycles. The molecule has 0 spiro atoms. The summed E-state index contributed by atoms with van der Waals surface area (Å²) in [5.74, 6) is 0.181. The minimum absolute atomic E-state index is 0.134. The highest BCUT2D eigenvalue weighted by Gasteiger charge is 2.47. The number of hydrazone groups is 1. The maximum Gasteiger partial charge on any atom is 0.248 e. The van der Waals surface area contributed by atoms with E-state index in [1.807, 2.05) is 0 Å². The van der Waals surface area contributed by atoms with Gasteiger partial charge in [-0.15, -0.1) is 0 Å². The summed E-state index contributed by atoms with van der Waals surface area (Å²) in [4.78, 5) is 12.1. The molecule has 0 radical (unpaired) electrons. The summed E-state index contributed by atoms with van der Waals surface area (Å²) in [6.07, 6.45) is 4.70. The third-order valence-electron chi connectivity index (χ3n) is 4.52. The van der Waals surface area contributed by atoms with Gasteiger partial charge < -0.3 is 4.74 Å². The number of hydrogen-bond donors (Lipinski definition) is 0. The number of rotatable bonds is 2. The van der Waals surface area contributed by atoms with Crippen molar-refractivity contribution < 1.29 is 9.53 Å². The molecule has 0 bridgehead atoms. The molecule has 3 rings (SSSR count). The number of hydrogen-bond acceptors (Lipinski definition) is 3. The maximum absolute atomic E-state index is 12.1. The minimum atomic E-state index is -0.134. The molecule has 1 saturated heterocycles. The molecule has 0 aromatic rings. The molecule has 3 aliphatic rings. The van der Waals surface area contributed by atoms with Gasteiger partial charge >= 0.3 is 0 Å². The van der Waals surface area contributed by atoms with Crippen LogP contribution in [0.3, 0.4) is 0 Å². The SMILES string of the molecule is CC1(C)C[C@@H](N2N=C(C3(C)CC3)CC2=O)CCO1. The van der Waals surface area contributed by atoms with E-state index in [0.29, 0.717) is 6.42 Å². The molecule has 18 heavy (non-hydrogen) atoms. The van der Waals surface area contributed by atoms with E-state index < -0.39 is 0 Å². The molecular formula is C14H22N2O2. The first-order chi connectivity index (χ1) is 8.40. The van der Waals surface area contributed by atoms with E-state index in [1.165, 1.54) is 12.8 Å². The van der Waals surface area contributed by atoms with Crippen LogP contribution in [0.4, 0.5) is 0 Å². The van der Waals surface area contributed by atoms with Crippen LogP contribution in [0.15, 0.2) is 5.10 Å². The average Bonchev–Trinajstić information content (AvgIpc) is 2.89. The Hall–Kier alpha value is -0.900. The van der Waals surface area contributed by atoms with Crippen molar-refractivity contribution in [1.29, 1.82) is 0 Å². The third kappa shape index (κ3) is 2.07. The highest BCUT2D eigenvalue weighted by molar-refractivity contribution is 6.08. The van der Waals surface area contributed by atoms with Crippen molar-refractivity contribution in [3.63, 3.8) is 0 Å². The van der Waals surface area contributed by atoms with Crippen molar-refractivity contribution in [2.75, 3.05) is 6.61 Å². The second-order valence-corrected chi connectivity index (χ2v) is 6.78. The second-order valence-electron chi connectivity index (χ2n) is 6.78. The van der Waals surface area contributed by atoms with Crippen LogP contribution in [-0.4, -0.2) is 34.9 Å². The minimum Gasteiger partial charge on any atom is -0.375 e. The van der Waals surface area contributed by atoms with Gasteiger partial charge in [0.05, 0.1) is 23.8 Å². The molecule has 4 heteroatoms. The molecule has 2 heterocycles. The Labute approximate surface area is 108 Å². The number of nitrogens with zero attached hydrogens (tertiary/aromatic N) is 2. The Bertz CT molecular complexity index is 410. The van der Waals surface area contributed by atoms with Crippen molar-refractivity contribution in [2.45, 2.75) is 64.5 Å². The van der Waals surface area contributed by atoms with E-state index in [-0.39, 0.29) is 23.0 Å². The van der Waals surface area contributed by atoms with E-state index >= 15 is 0 Å². The normalized spacial score (nSPS) is 33.5. The van der Waals surface area contributed by atoms with Gasteiger partial charge in [0.25, 0.3) is 0 Å². The van der Waals surface area contributed by atoms with E-state index in [2.05, 4.69) is 25.9 Å². The van der Waals surface area contributed by atoms with Crippen LogP contribution in [0.5, 0.6) is 0 Å². The third-order valence-corrected chi connectivity index (χ3v) is 4.52. The zero-order valence-corrected chi connectivity index (χ0v) is 11.5. The fraction of sp³-hybridized carbons (Fsp3) is 0.857. The summed E-state index contributed by atoms with van der Waals surface area (Å²) in [5.41, 5.74) is 1.20. The first kappa shape index (κ1) is 12.2. The Morgan fingerprint density at radius 2 is 2.06 bits per heavy atom. The Kier molecular flexibility index (Phi) is 2.56. The number of carbonyl (C=O) groups excluding carboxylic acids is 1. The van der Waals surface area contributed by atoms with Gasteiger partial charge in [-0.25, -0.2) is 5.01 Å². The molecular weight excluding hydrogens is 228 g/mol. The number of ether oxygens (including phenoxy) is 1. The van der Waals surface area contributed by atoms with Gasteiger partial charge in [-0.3, -0.25) is 4.79 Å². The predicted molar refractivity (Wildman–Crippen MR) is 69.3 cm³/mol. The van der Waals surface area contributed by atoms with Crippen LogP contribution in [0, 0.1) is 5.41 Å². The molecule has 0 N–H and O–H groups in total. The molecule has 0 unspecified atom stereocenters. The van der Waals surface area contributed by atoms with Gasteiger partial charge in [-0.2, -0.15) is 5.10 Å². The fourth-order valence-corrected chi connectivity index (χ4v) is 2.95. The van der Waals surface area contributed by atoms with Crippen LogP contribution in [0.25, 0.3) is 0 Å². The maximum atomic E-state index is 12.1. The molecule has 1 atom stereocenters. The highest BCUT2D eigenvalue weighted by atomic mass is 16.5. The van der Waals surface area contributed by atoms with Crippen molar-refractivity contribution in [2.24, 2.45) is 10.5 Å². The quantitative estimate of drug-likeness (QED) is 0.755. The molecule has 2 fully saturated rings. The monoisotopic (exact) mass is 250 g/mol. The lowest BCUT2D eigenvalue weighted by Crippen LogP contribution is -2.44. The fourth-order valence-electron chi connectivity index (χ4n) is 2.95. The zero-order valence-electron chi connectivity index (χ0n) is 11.5. The van der Waals surface area contributed by atoms with Gasteiger partial charge in [-0.1, -0.05) is 6.92 Å². The molecule has 2 aliphatic heterocycles. The van der Waals surface area contributed by atoms with Gasteiger partial charge in [0.1, 0.15) is 0 Å². The smallest absolute Gasteiger partial charge is 0.248 e. The first-order valence-corrected chi connectivity index (χ1v) is 6.94. The van der Waals surface area contributed by atoms with E-state index in [9.17, 15) is 4.79 Å². The van der Waals surface area contributed by atoms with Gasteiger partial charge in [0, 0.05) is 12.0 Å². The van der Waals surface area contributed by atoms with E-state index in [0.717, 1.165) is 25.2 Å². The largest absolute Gasteiger partial charge is 0.375 e. The first-order valence-electron chi connectivity index (χ1n) is 6.94. The van der Waals surface area contributed by atoms with Crippen LogP contribution in [0.1, 0.15) is 52.9 Å². The van der Waals surface area contributed by atoms with Crippen molar-refractivity contribution in [1.82, 2.24) is 5.01 Å². The van der Waals surface area contributed by atoms with Crippen LogP contribution < -0.4 is 0 Å². The van der Waals surface area contributed by atoms with Gasteiger partial charge in [0.2, 0.25) is 5.91 Å². The summed E-state index contributed by atoms with van der Waals surface area (Å²) in [6.45, 7) is 7.12. The van der Waals surface area contributed by atoms with Crippen molar-refractivity contribution >= 4 is 11.6 Å². The van der Waals surface area contributed by atoms with Crippen LogP contribution in [0.2, 0.25) is 0 Å². The zero-order chi connectivity index (χ0) is 13.0. The summed E-state index contributed by atoms with van der Waals surface area (Å²) < 4.78 is 5.71. The number of amides is 1. The summed E-state index contributed by atoms with van der Waals surface area (Å²) >= 11 is 0. The molecule has 1 aliphatic carbocycles. The van der Waals surface area contributed by atoms with Gasteiger partial charge in [0.15, 0.2) is 0 Å². The summed E-state index contributed by atoms with van der Waals surface area (Å²) in [5, 5.41) is 6.39. The summed E-state index contributed by atoms with van der Waals surface area (Å²) in [6, 6.07) is 0.223. The Balaban J connectivity index is 1.76. The average molecular weight is 250 g/mol. The molecule has 4 nitrogen and oxygen atoms in total. The second kappa shape index (κ2) is 3.80. The van der Waals surface area contributed by atoms with Crippen LogP contribution in [-0.2, 0) is 9.53 Å². The van der Waals surface area contributed by atoms with Gasteiger partial charge in [-0.05, 0) is 39.5 Å². The molecule has 100 valence electrons. The predicted octanol–water partition coefficient (Wildman–Crippen LogP) is 2.33. The van der Waals surface area contributed by atoms with E-state index in [1.54, 1.807) is 5.01 Å². The molecule has 1 amide bonds. The summed E-state index contributed by atoms with van der Waals surface area (Å²) in [7, 11) is 0. The lowest BCUT2D eigenvalue weighted by molar-refractivity contribution is -0.137. The van der Waals surface area contributed by atoms with Crippen LogP contribution >= 0.6 is 0 Å². The van der Waals surface area contributed by atoms with Crippen molar-refractivity contribution in [3.8, 4) is 0 Å². The lowest BCUT2D eigenvalue weighted by Gasteiger charge is -2.38. The Morgan fingerprint density at radius 3 is 2.67 bits per heavy atom. The topological polar surface area (TPSA) is 41.9 Å². The highest BCUT2D eigenvalue weighted by Crippen LogP contribution is 2.49. The van der Waals surface area contributed by atoms with Crippen molar-refractivity contribution in [3.05, 3.63) is 0 Å². The van der Waals surface area contributed by atoms with E-state index in [4.69, 9.17) is 4.74 Å². The lowest BCUT2D eigenvalue weighted by atomic mass is 9.93. The molecule has 0 aromatic heterocycles.